The van der Waals surface area contributed by atoms with Crippen molar-refractivity contribution in [3.8, 4) is 11.5 Å². The van der Waals surface area contributed by atoms with Crippen LogP contribution in [0, 0.1) is 20.8 Å². The van der Waals surface area contributed by atoms with E-state index in [9.17, 15) is 18.6 Å². The molecular weight excluding hydrogens is 276 g/mol. The summed E-state index contributed by atoms with van der Waals surface area (Å²) in [6.45, 7) is 5.01. The van der Waals surface area contributed by atoms with Crippen LogP contribution in [-0.4, -0.2) is 18.6 Å². The van der Waals surface area contributed by atoms with Crippen LogP contribution in [0.25, 0.3) is 0 Å². The molecule has 2 aromatic carbocycles. The van der Waals surface area contributed by atoms with Crippen LogP contribution >= 0.6 is 0 Å². The average molecular weight is 292 g/mol. The van der Waals surface area contributed by atoms with Gasteiger partial charge >= 0.3 is 0 Å². The molecule has 0 heterocycles. The molecule has 0 unspecified atom stereocenters. The summed E-state index contributed by atoms with van der Waals surface area (Å²) >= 11 is 0. The molecule has 2 rings (SSSR count). The molecule has 0 saturated carbocycles. The van der Waals surface area contributed by atoms with E-state index < -0.39 is 9.84 Å². The molecule has 0 aliphatic heterocycles. The van der Waals surface area contributed by atoms with Crippen molar-refractivity contribution >= 4 is 9.84 Å². The zero-order chi connectivity index (χ0) is 15.1. The molecule has 0 fully saturated rings. The Hall–Kier alpha value is -2.01. The van der Waals surface area contributed by atoms with Gasteiger partial charge in [0, 0.05) is 5.56 Å². The molecule has 20 heavy (non-hydrogen) atoms. The Morgan fingerprint density at radius 2 is 1.55 bits per heavy atom. The third kappa shape index (κ3) is 2.25. The number of aromatic hydroxyl groups is 2. The molecule has 0 radical (unpaired) electrons. The number of aryl methyl sites for hydroxylation is 1. The van der Waals surface area contributed by atoms with Crippen molar-refractivity contribution in [2.75, 3.05) is 0 Å². The average Bonchev–Trinajstić information content (AvgIpc) is 2.38. The lowest BCUT2D eigenvalue weighted by atomic mass is 10.1. The molecule has 0 aromatic heterocycles. The lowest BCUT2D eigenvalue weighted by Crippen LogP contribution is -2.05. The Kier molecular flexibility index (Phi) is 3.48. The van der Waals surface area contributed by atoms with E-state index in [1.165, 1.54) is 30.3 Å². The van der Waals surface area contributed by atoms with E-state index in [-0.39, 0.29) is 21.3 Å². The highest BCUT2D eigenvalue weighted by molar-refractivity contribution is 7.91. The van der Waals surface area contributed by atoms with E-state index in [4.69, 9.17) is 0 Å². The summed E-state index contributed by atoms with van der Waals surface area (Å²) in [4.78, 5) is 0.0620. The number of hydrogen-bond acceptors (Lipinski definition) is 4. The fourth-order valence-corrected chi connectivity index (χ4v) is 3.60. The molecule has 4 nitrogen and oxygen atoms in total. The number of hydrogen-bond donors (Lipinski definition) is 2. The largest absolute Gasteiger partial charge is 0.508 e. The fourth-order valence-electron chi connectivity index (χ4n) is 1.98. The van der Waals surface area contributed by atoms with Crippen molar-refractivity contribution in [1.82, 2.24) is 0 Å². The summed E-state index contributed by atoms with van der Waals surface area (Å²) in [6, 6.07) is 7.12. The van der Waals surface area contributed by atoms with Gasteiger partial charge < -0.3 is 10.2 Å². The standard InChI is InChI=1S/C15H16O4S/c1-9-7-12(8-14(17)10(9)2)20(18,19)15-6-4-5-13(16)11(15)3/h4-8,16-17H,1-3H3. The van der Waals surface area contributed by atoms with Gasteiger partial charge in [0.05, 0.1) is 9.79 Å². The second-order valence-electron chi connectivity index (χ2n) is 4.79. The van der Waals surface area contributed by atoms with Crippen molar-refractivity contribution in [3.63, 3.8) is 0 Å². The molecule has 0 aliphatic carbocycles. The highest BCUT2D eigenvalue weighted by Gasteiger charge is 2.22. The summed E-state index contributed by atoms with van der Waals surface area (Å²) in [5.74, 6) is -0.125. The minimum atomic E-state index is -3.77. The first-order chi connectivity index (χ1) is 9.25. The van der Waals surface area contributed by atoms with Gasteiger partial charge in [-0.05, 0) is 56.2 Å². The van der Waals surface area contributed by atoms with Crippen molar-refractivity contribution < 1.29 is 18.6 Å². The number of benzene rings is 2. The molecular formula is C15H16O4S. The molecule has 2 aromatic rings. The maximum atomic E-state index is 12.6. The van der Waals surface area contributed by atoms with Gasteiger partial charge in [-0.25, -0.2) is 8.42 Å². The second-order valence-corrected chi connectivity index (χ2v) is 6.71. The number of phenolic OH excluding ortho intramolecular Hbond substituents is 2. The van der Waals surface area contributed by atoms with E-state index in [0.29, 0.717) is 16.7 Å². The van der Waals surface area contributed by atoms with Crippen LogP contribution in [0.5, 0.6) is 11.5 Å². The van der Waals surface area contributed by atoms with Crippen LogP contribution < -0.4 is 0 Å². The molecule has 5 heteroatoms. The summed E-state index contributed by atoms with van der Waals surface area (Å²) in [5, 5.41) is 19.5. The maximum absolute atomic E-state index is 12.6. The van der Waals surface area contributed by atoms with Gasteiger partial charge in [-0.1, -0.05) is 6.07 Å². The quantitative estimate of drug-likeness (QED) is 0.892. The SMILES string of the molecule is Cc1cc(S(=O)(=O)c2cccc(O)c2C)cc(O)c1C. The normalized spacial score (nSPS) is 11.6. The van der Waals surface area contributed by atoms with E-state index >= 15 is 0 Å². The first-order valence-electron chi connectivity index (χ1n) is 6.09. The molecule has 0 amide bonds. The third-order valence-corrected chi connectivity index (χ3v) is 5.35. The Morgan fingerprint density at radius 3 is 2.15 bits per heavy atom. The molecule has 106 valence electrons. The summed E-state index contributed by atoms with van der Waals surface area (Å²) in [5.41, 5.74) is 1.64. The van der Waals surface area contributed by atoms with Crippen LogP contribution in [0.15, 0.2) is 40.1 Å². The molecule has 0 saturated heterocycles. The van der Waals surface area contributed by atoms with Crippen LogP contribution in [0.4, 0.5) is 0 Å². The topological polar surface area (TPSA) is 74.6 Å². The fraction of sp³-hybridized carbons (Fsp3) is 0.200. The Bertz CT molecular complexity index is 753. The molecule has 0 aliphatic rings. The summed E-state index contributed by atoms with van der Waals surface area (Å²) in [7, 11) is -3.77. The maximum Gasteiger partial charge on any atom is 0.207 e. The summed E-state index contributed by atoms with van der Waals surface area (Å²) in [6.07, 6.45) is 0. The molecule has 0 atom stereocenters. The number of rotatable bonds is 2. The highest BCUT2D eigenvalue weighted by Crippen LogP contribution is 2.32. The monoisotopic (exact) mass is 292 g/mol. The Balaban J connectivity index is 2.70. The first kappa shape index (κ1) is 14.4. The lowest BCUT2D eigenvalue weighted by molar-refractivity contribution is 0.467. The number of phenols is 2. The van der Waals surface area contributed by atoms with Gasteiger partial charge in [-0.3, -0.25) is 0 Å². The lowest BCUT2D eigenvalue weighted by Gasteiger charge is -2.11. The van der Waals surface area contributed by atoms with Gasteiger partial charge in [-0.15, -0.1) is 0 Å². The van der Waals surface area contributed by atoms with Crippen LogP contribution in [0.3, 0.4) is 0 Å². The predicted molar refractivity (Wildman–Crippen MR) is 75.9 cm³/mol. The van der Waals surface area contributed by atoms with Gasteiger partial charge in [0.2, 0.25) is 9.84 Å². The minimum absolute atomic E-state index is 0.0202. The Labute approximate surface area is 118 Å². The molecule has 2 N–H and O–H groups in total. The second kappa shape index (κ2) is 4.83. The zero-order valence-electron chi connectivity index (χ0n) is 11.5. The number of sulfone groups is 1. The van der Waals surface area contributed by atoms with Crippen molar-refractivity contribution in [3.05, 3.63) is 47.0 Å². The van der Waals surface area contributed by atoms with E-state index in [1.807, 2.05) is 0 Å². The van der Waals surface area contributed by atoms with E-state index in [2.05, 4.69) is 0 Å². The van der Waals surface area contributed by atoms with Crippen LogP contribution in [0.1, 0.15) is 16.7 Å². The molecule has 0 spiro atoms. The van der Waals surface area contributed by atoms with Crippen molar-refractivity contribution in [2.24, 2.45) is 0 Å². The summed E-state index contributed by atoms with van der Waals surface area (Å²) < 4.78 is 25.2. The predicted octanol–water partition coefficient (Wildman–Crippen LogP) is 2.86. The van der Waals surface area contributed by atoms with Gasteiger partial charge in [0.15, 0.2) is 0 Å². The molecule has 0 bridgehead atoms. The highest BCUT2D eigenvalue weighted by atomic mass is 32.2. The minimum Gasteiger partial charge on any atom is -0.508 e. The zero-order valence-corrected chi connectivity index (χ0v) is 12.3. The first-order valence-corrected chi connectivity index (χ1v) is 7.57. The smallest absolute Gasteiger partial charge is 0.207 e. The van der Waals surface area contributed by atoms with Gasteiger partial charge in [0.1, 0.15) is 11.5 Å². The third-order valence-electron chi connectivity index (χ3n) is 3.47. The van der Waals surface area contributed by atoms with Gasteiger partial charge in [0.25, 0.3) is 0 Å². The van der Waals surface area contributed by atoms with Gasteiger partial charge in [-0.2, -0.15) is 0 Å². The van der Waals surface area contributed by atoms with E-state index in [1.54, 1.807) is 20.8 Å². The van der Waals surface area contributed by atoms with Crippen molar-refractivity contribution in [1.29, 1.82) is 0 Å². The van der Waals surface area contributed by atoms with Crippen LogP contribution in [-0.2, 0) is 9.84 Å². The van der Waals surface area contributed by atoms with E-state index in [0.717, 1.165) is 0 Å². The Morgan fingerprint density at radius 1 is 0.900 bits per heavy atom. The van der Waals surface area contributed by atoms with Crippen LogP contribution in [0.2, 0.25) is 0 Å². The van der Waals surface area contributed by atoms with Crippen molar-refractivity contribution in [2.45, 2.75) is 30.6 Å².